The number of hydrogen-bond acceptors (Lipinski definition) is 10. The van der Waals surface area contributed by atoms with Gasteiger partial charge in [-0.25, -0.2) is 19.7 Å². The highest BCUT2D eigenvalue weighted by atomic mass is 35.5. The predicted octanol–water partition coefficient (Wildman–Crippen LogP) is 4.12. The molecule has 6 heterocycles. The molecule has 3 aliphatic heterocycles. The zero-order valence-electron chi connectivity index (χ0n) is 23.1. The van der Waals surface area contributed by atoms with Crippen LogP contribution in [0, 0.1) is 5.41 Å². The van der Waals surface area contributed by atoms with Gasteiger partial charge in [0.15, 0.2) is 0 Å². The molecular formula is C28H27ClN8O5S. The maximum absolute atomic E-state index is 13.0. The van der Waals surface area contributed by atoms with Crippen LogP contribution in [-0.2, 0) is 11.3 Å². The van der Waals surface area contributed by atoms with Gasteiger partial charge in [0.25, 0.3) is 5.91 Å². The van der Waals surface area contributed by atoms with Crippen LogP contribution in [0.3, 0.4) is 0 Å². The number of carbonyl (C=O) groups excluding carboxylic acids is 2. The molecule has 3 aliphatic rings. The van der Waals surface area contributed by atoms with Gasteiger partial charge in [-0.15, -0.1) is 11.3 Å². The first-order valence-electron chi connectivity index (χ1n) is 13.9. The lowest BCUT2D eigenvalue weighted by molar-refractivity contribution is -0.128. The number of ether oxygens (including phenoxy) is 1. The summed E-state index contributed by atoms with van der Waals surface area (Å²) in [6.45, 7) is 4.10. The standard InChI is InChI=1S/C28H27ClN8O5S/c1-14-9-30-22-20-17(43-23(22)24(39)33-14)3-2-16-21(20)31-11-18(34-16)42-25-15(10-32-26(29)35-25)12-37-13-28(8-19(37)38)4-6-36(7-5-28)27(40)41/h2-3,10-11,14,30H,4-9,12-13H2,1H3,(H,33,39)(H,40,41)/t14-/m1/s1. The minimum atomic E-state index is -0.929. The number of aromatic nitrogens is 4. The average Bonchev–Trinajstić information content (AvgIpc) is 3.45. The van der Waals surface area contributed by atoms with E-state index in [9.17, 15) is 19.5 Å². The normalized spacial score (nSPS) is 19.8. The Morgan fingerprint density at radius 3 is 2.81 bits per heavy atom. The molecule has 3 aromatic heterocycles. The third kappa shape index (κ3) is 5.03. The first-order valence-corrected chi connectivity index (χ1v) is 15.1. The summed E-state index contributed by atoms with van der Waals surface area (Å²) in [4.78, 5) is 58.6. The molecule has 15 heteroatoms. The lowest BCUT2D eigenvalue weighted by Crippen LogP contribution is -2.43. The molecule has 13 nitrogen and oxygen atoms in total. The molecule has 0 radical (unpaired) electrons. The summed E-state index contributed by atoms with van der Waals surface area (Å²) in [5.41, 5.74) is 2.28. The molecular weight excluding hydrogens is 596 g/mol. The van der Waals surface area contributed by atoms with Crippen molar-refractivity contribution in [2.75, 3.05) is 31.5 Å². The van der Waals surface area contributed by atoms with Gasteiger partial charge < -0.3 is 30.3 Å². The van der Waals surface area contributed by atoms with Gasteiger partial charge in [-0.3, -0.25) is 9.59 Å². The van der Waals surface area contributed by atoms with Crippen molar-refractivity contribution in [2.45, 2.75) is 38.8 Å². The minimum Gasteiger partial charge on any atom is -0.465 e. The van der Waals surface area contributed by atoms with Gasteiger partial charge in [-0.2, -0.15) is 4.98 Å². The number of thiophene rings is 1. The van der Waals surface area contributed by atoms with E-state index in [1.54, 1.807) is 4.90 Å². The Morgan fingerprint density at radius 1 is 1.21 bits per heavy atom. The van der Waals surface area contributed by atoms with Crippen molar-refractivity contribution in [3.8, 4) is 11.8 Å². The lowest BCUT2D eigenvalue weighted by Gasteiger charge is -2.37. The highest BCUT2D eigenvalue weighted by molar-refractivity contribution is 7.21. The molecule has 3 N–H and O–H groups in total. The smallest absolute Gasteiger partial charge is 0.407 e. The van der Waals surface area contributed by atoms with Crippen molar-refractivity contribution in [3.63, 3.8) is 0 Å². The Hall–Kier alpha value is -4.30. The van der Waals surface area contributed by atoms with Crippen molar-refractivity contribution >= 4 is 67.7 Å². The molecule has 0 saturated carbocycles. The van der Waals surface area contributed by atoms with E-state index in [0.717, 1.165) is 15.8 Å². The van der Waals surface area contributed by atoms with Crippen molar-refractivity contribution in [1.29, 1.82) is 0 Å². The molecule has 1 aromatic carbocycles. The number of halogens is 1. The number of fused-ring (bicyclic) bond motifs is 5. The summed E-state index contributed by atoms with van der Waals surface area (Å²) < 4.78 is 7.00. The van der Waals surface area contributed by atoms with Gasteiger partial charge in [-0.05, 0) is 43.5 Å². The van der Waals surface area contributed by atoms with Crippen LogP contribution in [0.5, 0.6) is 11.8 Å². The van der Waals surface area contributed by atoms with Crippen LogP contribution in [0.1, 0.15) is 41.4 Å². The van der Waals surface area contributed by atoms with E-state index in [4.69, 9.17) is 16.3 Å². The van der Waals surface area contributed by atoms with E-state index in [1.807, 2.05) is 19.1 Å². The molecule has 0 aliphatic carbocycles. The summed E-state index contributed by atoms with van der Waals surface area (Å²) in [6, 6.07) is 3.74. The Bertz CT molecular complexity index is 1810. The minimum absolute atomic E-state index is 0.00855. The number of carboxylic acid groups (broad SMARTS) is 1. The summed E-state index contributed by atoms with van der Waals surface area (Å²) >= 11 is 7.53. The van der Waals surface area contributed by atoms with Crippen LogP contribution in [0.15, 0.2) is 24.5 Å². The van der Waals surface area contributed by atoms with E-state index in [-0.39, 0.29) is 46.9 Å². The topological polar surface area (TPSA) is 163 Å². The van der Waals surface area contributed by atoms with Crippen molar-refractivity contribution < 1.29 is 24.2 Å². The molecule has 2 fully saturated rings. The van der Waals surface area contributed by atoms with Crippen LogP contribution < -0.4 is 15.4 Å². The largest absolute Gasteiger partial charge is 0.465 e. The zero-order valence-corrected chi connectivity index (χ0v) is 24.7. The maximum atomic E-state index is 13.0. The Kier molecular flexibility index (Phi) is 6.69. The van der Waals surface area contributed by atoms with Crippen LogP contribution in [-0.4, -0.2) is 85.0 Å². The number of likely N-dealkylation sites (tertiary alicyclic amines) is 2. The van der Waals surface area contributed by atoms with Crippen LogP contribution >= 0.6 is 22.9 Å². The van der Waals surface area contributed by atoms with E-state index < -0.39 is 6.09 Å². The molecule has 7 rings (SSSR count). The average molecular weight is 623 g/mol. The van der Waals surface area contributed by atoms with Crippen molar-refractivity contribution in [3.05, 3.63) is 40.3 Å². The van der Waals surface area contributed by atoms with E-state index in [1.165, 1.54) is 28.6 Å². The van der Waals surface area contributed by atoms with Crippen molar-refractivity contribution in [2.24, 2.45) is 5.41 Å². The number of hydrogen-bond donors (Lipinski definition) is 3. The van der Waals surface area contributed by atoms with Crippen LogP contribution in [0.25, 0.3) is 21.1 Å². The first kappa shape index (κ1) is 27.5. The van der Waals surface area contributed by atoms with E-state index in [0.29, 0.717) is 66.9 Å². The number of rotatable bonds is 4. The van der Waals surface area contributed by atoms with E-state index >= 15 is 0 Å². The SMILES string of the molecule is C[C@@H]1CNc2c(sc3ccc4nc(Oc5nc(Cl)ncc5CN5CC6(CCN(C(=O)O)CC6)CC5=O)cnc4c23)C(=O)N1. The van der Waals surface area contributed by atoms with Gasteiger partial charge in [0.05, 0.1) is 35.0 Å². The van der Waals surface area contributed by atoms with Gasteiger partial charge in [0.2, 0.25) is 23.0 Å². The summed E-state index contributed by atoms with van der Waals surface area (Å²) in [5.74, 6) is 0.233. The molecule has 1 atom stereocenters. The molecule has 1 spiro atoms. The summed E-state index contributed by atoms with van der Waals surface area (Å²) in [6.07, 6.45) is 3.74. The molecule has 2 saturated heterocycles. The molecule has 43 heavy (non-hydrogen) atoms. The summed E-state index contributed by atoms with van der Waals surface area (Å²) in [5, 5.41) is 16.5. The molecule has 4 aromatic rings. The van der Waals surface area contributed by atoms with Gasteiger partial charge in [0.1, 0.15) is 4.88 Å². The molecule has 222 valence electrons. The number of nitrogens with zero attached hydrogens (tertiary/aromatic N) is 6. The summed E-state index contributed by atoms with van der Waals surface area (Å²) in [7, 11) is 0. The second kappa shape index (κ2) is 10.5. The maximum Gasteiger partial charge on any atom is 0.407 e. The lowest BCUT2D eigenvalue weighted by atomic mass is 9.78. The molecule has 3 amide bonds. The fourth-order valence-corrected chi connectivity index (χ4v) is 7.34. The van der Waals surface area contributed by atoms with Gasteiger partial charge in [0, 0.05) is 60.3 Å². The van der Waals surface area contributed by atoms with Crippen LogP contribution in [0.2, 0.25) is 5.28 Å². The zero-order chi connectivity index (χ0) is 29.9. The number of amides is 3. The van der Waals surface area contributed by atoms with Gasteiger partial charge in [-0.1, -0.05) is 0 Å². The fourth-order valence-electron chi connectivity index (χ4n) is 6.13. The Labute approximate surface area is 254 Å². The van der Waals surface area contributed by atoms with Crippen LogP contribution in [0.4, 0.5) is 10.5 Å². The number of benzene rings is 1. The number of piperidine rings is 1. The third-order valence-corrected chi connectivity index (χ3v) is 9.70. The highest BCUT2D eigenvalue weighted by Crippen LogP contribution is 2.43. The Morgan fingerprint density at radius 2 is 2.02 bits per heavy atom. The second-order valence-corrected chi connectivity index (χ2v) is 12.7. The fraction of sp³-hybridized carbons (Fsp3) is 0.393. The Balaban J connectivity index is 1.14. The van der Waals surface area contributed by atoms with E-state index in [2.05, 4.69) is 30.6 Å². The number of nitrogens with one attached hydrogen (secondary N) is 2. The first-order chi connectivity index (χ1) is 20.7. The molecule has 0 unspecified atom stereocenters. The van der Waals surface area contributed by atoms with Crippen molar-refractivity contribution in [1.82, 2.24) is 35.1 Å². The monoisotopic (exact) mass is 622 g/mol. The predicted molar refractivity (Wildman–Crippen MR) is 159 cm³/mol. The number of anilines is 1. The quantitative estimate of drug-likeness (QED) is 0.282. The van der Waals surface area contributed by atoms with Gasteiger partial charge >= 0.3 is 6.09 Å². The third-order valence-electron chi connectivity index (χ3n) is 8.37. The highest BCUT2D eigenvalue weighted by Gasteiger charge is 2.45. The number of carbonyl (C=O) groups is 3. The second-order valence-electron chi connectivity index (χ2n) is 11.3. The molecule has 0 bridgehead atoms.